The van der Waals surface area contributed by atoms with E-state index in [-0.39, 0.29) is 5.92 Å². The summed E-state index contributed by atoms with van der Waals surface area (Å²) >= 11 is 0. The van der Waals surface area contributed by atoms with Gasteiger partial charge in [-0.05, 0) is 6.42 Å². The number of hydrogen-bond donors (Lipinski definition) is 1. The second kappa shape index (κ2) is 4.82. The third-order valence-corrected chi connectivity index (χ3v) is 2.16. The van der Waals surface area contributed by atoms with Gasteiger partial charge >= 0.3 is 0 Å². The highest BCUT2D eigenvalue weighted by Crippen LogP contribution is 2.17. The highest BCUT2D eigenvalue weighted by molar-refractivity contribution is 5.92. The molecular weight excluding hydrogens is 202 g/mol. The van der Waals surface area contributed by atoms with Gasteiger partial charge in [0.15, 0.2) is 11.6 Å². The van der Waals surface area contributed by atoms with Gasteiger partial charge in [-0.15, -0.1) is 0 Å². The van der Waals surface area contributed by atoms with Gasteiger partial charge in [-0.1, -0.05) is 13.8 Å². The molecule has 0 saturated carbocycles. The summed E-state index contributed by atoms with van der Waals surface area (Å²) in [5, 5.41) is 2.20. The van der Waals surface area contributed by atoms with Crippen molar-refractivity contribution < 1.29 is 13.6 Å². The third-order valence-electron chi connectivity index (χ3n) is 2.16. The Morgan fingerprint density at radius 2 is 2.00 bits per heavy atom. The lowest BCUT2D eigenvalue weighted by Gasteiger charge is -2.10. The van der Waals surface area contributed by atoms with Gasteiger partial charge in [0.2, 0.25) is 5.91 Å². The number of aromatic nitrogens is 1. The number of carbonyl (C=O) groups is 1. The Bertz CT molecular complexity index is 348. The molecule has 0 spiro atoms. The number of anilines is 1. The fraction of sp³-hybridized carbons (Fsp3) is 0.400. The van der Waals surface area contributed by atoms with Crippen molar-refractivity contribution in [3.63, 3.8) is 0 Å². The highest BCUT2D eigenvalue weighted by atomic mass is 19.1. The van der Waals surface area contributed by atoms with Crippen molar-refractivity contribution in [2.45, 2.75) is 20.3 Å². The lowest BCUT2D eigenvalue weighted by atomic mass is 10.1. The van der Waals surface area contributed by atoms with Crippen molar-refractivity contribution in [2.75, 3.05) is 5.32 Å². The quantitative estimate of drug-likeness (QED) is 0.839. The van der Waals surface area contributed by atoms with Gasteiger partial charge in [0.25, 0.3) is 0 Å². The van der Waals surface area contributed by atoms with Crippen LogP contribution in [0.25, 0.3) is 0 Å². The Hall–Kier alpha value is -1.52. The lowest BCUT2D eigenvalue weighted by Crippen LogP contribution is -2.21. The number of pyridine rings is 1. The van der Waals surface area contributed by atoms with Crippen LogP contribution < -0.4 is 5.32 Å². The number of hydrogen-bond acceptors (Lipinski definition) is 2. The lowest BCUT2D eigenvalue weighted by molar-refractivity contribution is -0.119. The first-order valence-corrected chi connectivity index (χ1v) is 4.66. The maximum Gasteiger partial charge on any atom is 0.227 e. The molecule has 1 aromatic heterocycles. The first-order valence-electron chi connectivity index (χ1n) is 4.66. The van der Waals surface area contributed by atoms with E-state index in [1.807, 2.05) is 6.92 Å². The molecule has 1 aromatic rings. The molecule has 0 aliphatic heterocycles. The molecule has 1 N–H and O–H groups in total. The predicted molar refractivity (Wildman–Crippen MR) is 52.2 cm³/mol. The highest BCUT2D eigenvalue weighted by Gasteiger charge is 2.15. The average molecular weight is 214 g/mol. The zero-order valence-corrected chi connectivity index (χ0v) is 8.55. The maximum atomic E-state index is 13.1. The average Bonchev–Trinajstić information content (AvgIpc) is 2.22. The van der Waals surface area contributed by atoms with Gasteiger partial charge < -0.3 is 5.32 Å². The molecule has 15 heavy (non-hydrogen) atoms. The minimum absolute atomic E-state index is 0.281. The minimum atomic E-state index is -0.869. The van der Waals surface area contributed by atoms with Crippen LogP contribution in [0, 0.1) is 17.6 Å². The molecule has 0 aromatic carbocycles. The topological polar surface area (TPSA) is 42.0 Å². The Morgan fingerprint density at radius 1 is 1.47 bits per heavy atom. The molecular formula is C10H12F2N2O. The summed E-state index contributed by atoms with van der Waals surface area (Å²) < 4.78 is 26.1. The number of nitrogens with one attached hydrogen (secondary N) is 1. The van der Waals surface area contributed by atoms with E-state index >= 15 is 0 Å². The van der Waals surface area contributed by atoms with Gasteiger partial charge in [-0.2, -0.15) is 0 Å². The molecule has 0 bridgehead atoms. The fourth-order valence-electron chi connectivity index (χ4n) is 0.963. The summed E-state index contributed by atoms with van der Waals surface area (Å²) in [4.78, 5) is 14.7. The first kappa shape index (κ1) is 11.6. The van der Waals surface area contributed by atoms with Crippen molar-refractivity contribution in [2.24, 2.45) is 5.92 Å². The number of rotatable bonds is 3. The van der Waals surface area contributed by atoms with Crippen LogP contribution in [0.4, 0.5) is 14.5 Å². The van der Waals surface area contributed by atoms with Crippen molar-refractivity contribution in [3.05, 3.63) is 24.0 Å². The smallest absolute Gasteiger partial charge is 0.227 e. The van der Waals surface area contributed by atoms with E-state index in [9.17, 15) is 13.6 Å². The predicted octanol–water partition coefficient (Wildman–Crippen LogP) is 2.34. The summed E-state index contributed by atoms with van der Waals surface area (Å²) in [5.74, 6) is -2.42. The molecule has 82 valence electrons. The van der Waals surface area contributed by atoms with Crippen LogP contribution in [0.15, 0.2) is 12.4 Å². The second-order valence-electron chi connectivity index (χ2n) is 3.28. The molecule has 1 unspecified atom stereocenters. The van der Waals surface area contributed by atoms with Crippen LogP contribution >= 0.6 is 0 Å². The van der Waals surface area contributed by atoms with Crippen molar-refractivity contribution in [3.8, 4) is 0 Å². The Labute approximate surface area is 86.5 Å². The molecule has 3 nitrogen and oxygen atoms in total. The van der Waals surface area contributed by atoms with Crippen LogP contribution in [0.1, 0.15) is 20.3 Å². The summed E-state index contributed by atoms with van der Waals surface area (Å²) in [6.45, 7) is 3.51. The van der Waals surface area contributed by atoms with E-state index < -0.39 is 23.2 Å². The summed E-state index contributed by atoms with van der Waals surface area (Å²) in [6, 6.07) is 0. The van der Waals surface area contributed by atoms with Crippen LogP contribution in [0.2, 0.25) is 0 Å². The number of amides is 1. The molecule has 0 saturated heterocycles. The zero-order valence-electron chi connectivity index (χ0n) is 8.55. The standard InChI is InChI=1S/C10H12F2N2O/c1-3-6(2)10(15)14-9-7(11)4-13-5-8(9)12/h4-6H,3H2,1-2H3,(H,13,14,15). The van der Waals surface area contributed by atoms with Gasteiger partial charge in [-0.25, -0.2) is 8.78 Å². The molecule has 1 amide bonds. The summed E-state index contributed by atoms with van der Waals surface area (Å²) in [6.07, 6.45) is 2.32. The number of carbonyl (C=O) groups excluding carboxylic acids is 1. The molecule has 0 aliphatic rings. The van der Waals surface area contributed by atoms with Crippen molar-refractivity contribution in [1.29, 1.82) is 0 Å². The normalized spacial score (nSPS) is 12.3. The second-order valence-corrected chi connectivity index (χ2v) is 3.28. The molecule has 1 rings (SSSR count). The van der Waals surface area contributed by atoms with Crippen LogP contribution in [-0.4, -0.2) is 10.9 Å². The molecule has 1 atom stereocenters. The van der Waals surface area contributed by atoms with Crippen LogP contribution in [0.3, 0.4) is 0 Å². The van der Waals surface area contributed by atoms with E-state index in [1.165, 1.54) is 0 Å². The van der Waals surface area contributed by atoms with E-state index in [4.69, 9.17) is 0 Å². The van der Waals surface area contributed by atoms with Crippen LogP contribution in [0.5, 0.6) is 0 Å². The van der Waals surface area contributed by atoms with E-state index in [0.29, 0.717) is 6.42 Å². The number of nitrogens with zero attached hydrogens (tertiary/aromatic N) is 1. The Kier molecular flexibility index (Phi) is 3.71. The summed E-state index contributed by atoms with van der Waals surface area (Å²) in [5.41, 5.74) is -0.435. The van der Waals surface area contributed by atoms with Crippen molar-refractivity contribution in [1.82, 2.24) is 4.98 Å². The van der Waals surface area contributed by atoms with Gasteiger partial charge in [0.05, 0.1) is 12.4 Å². The molecule has 0 radical (unpaired) electrons. The number of halogens is 2. The Balaban J connectivity index is 2.85. The van der Waals surface area contributed by atoms with E-state index in [0.717, 1.165) is 12.4 Å². The summed E-state index contributed by atoms with van der Waals surface area (Å²) in [7, 11) is 0. The zero-order chi connectivity index (χ0) is 11.4. The fourth-order valence-corrected chi connectivity index (χ4v) is 0.963. The molecule has 0 fully saturated rings. The van der Waals surface area contributed by atoms with E-state index in [1.54, 1.807) is 6.92 Å². The van der Waals surface area contributed by atoms with Crippen molar-refractivity contribution >= 4 is 11.6 Å². The first-order chi connectivity index (χ1) is 7.06. The molecule has 0 aliphatic carbocycles. The van der Waals surface area contributed by atoms with Gasteiger partial charge in [0.1, 0.15) is 5.69 Å². The van der Waals surface area contributed by atoms with Gasteiger partial charge in [0, 0.05) is 5.92 Å². The molecule has 5 heteroatoms. The van der Waals surface area contributed by atoms with Crippen LogP contribution in [-0.2, 0) is 4.79 Å². The van der Waals surface area contributed by atoms with Gasteiger partial charge in [-0.3, -0.25) is 9.78 Å². The largest absolute Gasteiger partial charge is 0.321 e. The molecule has 1 heterocycles. The maximum absolute atomic E-state index is 13.1. The Morgan fingerprint density at radius 3 is 2.47 bits per heavy atom. The minimum Gasteiger partial charge on any atom is -0.321 e. The SMILES string of the molecule is CCC(C)C(=O)Nc1c(F)cncc1F. The van der Waals surface area contributed by atoms with E-state index in [2.05, 4.69) is 10.3 Å². The third kappa shape index (κ3) is 2.71. The monoisotopic (exact) mass is 214 g/mol.